The molecule has 0 spiro atoms. The van der Waals surface area contributed by atoms with Crippen molar-refractivity contribution >= 4 is 33.8 Å². The summed E-state index contributed by atoms with van der Waals surface area (Å²) < 4.78 is 36.7. The van der Waals surface area contributed by atoms with Crippen molar-refractivity contribution in [1.29, 1.82) is 0 Å². The first-order chi connectivity index (χ1) is 14.2. The highest BCUT2D eigenvalue weighted by Crippen LogP contribution is 2.27. The molecular weight excluding hydrogens is 461 g/mol. The lowest BCUT2D eigenvalue weighted by Crippen LogP contribution is -2.56. The lowest BCUT2D eigenvalue weighted by Gasteiger charge is -2.41. The molecule has 0 radical (unpaired) electrons. The summed E-state index contributed by atoms with van der Waals surface area (Å²) in [5.74, 6) is 0. The van der Waals surface area contributed by atoms with Gasteiger partial charge in [0.1, 0.15) is 0 Å². The Labute approximate surface area is 197 Å². The molecule has 0 aliphatic heterocycles. The Morgan fingerprint density at radius 3 is 1.42 bits per heavy atom. The Morgan fingerprint density at radius 1 is 0.484 bits per heavy atom. The van der Waals surface area contributed by atoms with Gasteiger partial charge in [-0.15, -0.1) is 0 Å². The van der Waals surface area contributed by atoms with E-state index in [1.54, 1.807) is 0 Å². The minimum absolute atomic E-state index is 0.629. The quantitative estimate of drug-likeness (QED) is 0.145. The van der Waals surface area contributed by atoms with E-state index in [1.165, 1.54) is 6.42 Å². The molecule has 0 fully saturated rings. The highest BCUT2D eigenvalue weighted by molar-refractivity contribution is 6.89. The van der Waals surface area contributed by atoms with Crippen molar-refractivity contribution in [2.75, 3.05) is 39.6 Å². The fourth-order valence-electron chi connectivity index (χ4n) is 3.48. The molecule has 0 saturated carbocycles. The normalized spacial score (nSPS) is 15.3. The molecule has 0 amide bonds. The molecule has 0 aliphatic rings. The third kappa shape index (κ3) is 20.9. The smallest absolute Gasteiger partial charge is 0.315 e. The van der Waals surface area contributed by atoms with Crippen molar-refractivity contribution < 1.29 is 26.6 Å². The van der Waals surface area contributed by atoms with E-state index in [2.05, 4.69) is 65.8 Å². The van der Waals surface area contributed by atoms with Crippen molar-refractivity contribution in [3.05, 3.63) is 0 Å². The van der Waals surface area contributed by atoms with Crippen LogP contribution < -0.4 is 0 Å². The van der Waals surface area contributed by atoms with Crippen LogP contribution in [0.4, 0.5) is 0 Å². The molecule has 0 rings (SSSR count). The summed E-state index contributed by atoms with van der Waals surface area (Å²) in [5.41, 5.74) is 0. The average molecular weight is 513 g/mol. The number of rotatable bonds is 20. The van der Waals surface area contributed by atoms with Gasteiger partial charge in [-0.25, -0.2) is 0 Å². The zero-order valence-corrected chi connectivity index (χ0v) is 26.2. The highest BCUT2D eigenvalue weighted by atomic mass is 28.5. The Balaban J connectivity index is 4.19. The summed E-state index contributed by atoms with van der Waals surface area (Å²) in [7, 11) is -7.92. The Hall–Kier alpha value is 0.628. The van der Waals surface area contributed by atoms with Gasteiger partial charge in [-0.05, 0) is 84.2 Å². The maximum Gasteiger partial charge on any atom is 0.315 e. The number of hydrogen-bond acceptors (Lipinski definition) is 6. The first kappa shape index (κ1) is 31.6. The summed E-state index contributed by atoms with van der Waals surface area (Å²) in [6.45, 7) is 26.4. The van der Waals surface area contributed by atoms with E-state index in [0.29, 0.717) is 19.8 Å². The summed E-state index contributed by atoms with van der Waals surface area (Å²) in [6, 6.07) is 0.929. The monoisotopic (exact) mass is 512 g/mol. The van der Waals surface area contributed by atoms with Gasteiger partial charge in [0.2, 0.25) is 0 Å². The molecule has 1 atom stereocenters. The van der Waals surface area contributed by atoms with Gasteiger partial charge in [0.05, 0.1) is 13.2 Å². The Kier molecular flexibility index (Phi) is 15.8. The van der Waals surface area contributed by atoms with Crippen LogP contribution in [-0.2, 0) is 26.6 Å². The lowest BCUT2D eigenvalue weighted by atomic mass is 10.4. The topological polar surface area (TPSA) is 55.4 Å². The first-order valence-electron chi connectivity index (χ1n) is 12.0. The van der Waals surface area contributed by atoms with Crippen LogP contribution in [-0.4, -0.2) is 73.4 Å². The van der Waals surface area contributed by atoms with Crippen molar-refractivity contribution in [3.8, 4) is 0 Å². The van der Waals surface area contributed by atoms with E-state index in [4.69, 9.17) is 26.6 Å². The second-order valence-corrected chi connectivity index (χ2v) is 27.2. The van der Waals surface area contributed by atoms with Gasteiger partial charge in [0.25, 0.3) is 0 Å². The van der Waals surface area contributed by atoms with Gasteiger partial charge < -0.3 is 26.6 Å². The van der Waals surface area contributed by atoms with Crippen LogP contribution >= 0.6 is 0 Å². The van der Waals surface area contributed by atoms with E-state index in [-0.39, 0.29) is 0 Å². The van der Waals surface area contributed by atoms with Crippen LogP contribution in [0.15, 0.2) is 0 Å². The van der Waals surface area contributed by atoms with Gasteiger partial charge in [-0.3, -0.25) is 0 Å². The van der Waals surface area contributed by atoms with E-state index in [0.717, 1.165) is 45.1 Å². The van der Waals surface area contributed by atoms with Gasteiger partial charge in [0, 0.05) is 26.4 Å². The zero-order valence-electron chi connectivity index (χ0n) is 22.2. The maximum atomic E-state index is 6.70. The SMILES string of the molecule is CCCCOCCCOCCOCCC[Si](C)(O[Si](C)(C)C)O[Si](C)(C)O[Si](C)(C)C. The molecule has 10 heteroatoms. The molecule has 1 unspecified atom stereocenters. The molecule has 0 saturated heterocycles. The third-order valence-electron chi connectivity index (χ3n) is 4.05. The first-order valence-corrected chi connectivity index (χ1v) is 24.2. The number of unbranched alkanes of at least 4 members (excludes halogenated alkanes) is 1. The standard InChI is InChI=1S/C21H52O6Si4/c1-11-12-15-22-16-13-17-23-19-20-24-18-14-21-31(10,26-29(5,6)7)27-30(8,9)25-28(2,3)4/h11-21H2,1-10H3. The number of ether oxygens (including phenoxy) is 3. The van der Waals surface area contributed by atoms with Crippen molar-refractivity contribution in [2.45, 2.75) is 97.6 Å². The minimum atomic E-state index is -2.32. The summed E-state index contributed by atoms with van der Waals surface area (Å²) >= 11 is 0. The molecule has 188 valence electrons. The van der Waals surface area contributed by atoms with Crippen LogP contribution in [0.3, 0.4) is 0 Å². The number of hydrogen-bond donors (Lipinski definition) is 0. The van der Waals surface area contributed by atoms with Crippen molar-refractivity contribution in [3.63, 3.8) is 0 Å². The molecule has 31 heavy (non-hydrogen) atoms. The van der Waals surface area contributed by atoms with Crippen LogP contribution in [0.25, 0.3) is 0 Å². The summed E-state index contributed by atoms with van der Waals surface area (Å²) in [5, 5.41) is 0. The van der Waals surface area contributed by atoms with Crippen LogP contribution in [0.1, 0.15) is 32.6 Å². The molecular formula is C21H52O6Si4. The highest BCUT2D eigenvalue weighted by Gasteiger charge is 2.44. The maximum absolute atomic E-state index is 6.70. The van der Waals surface area contributed by atoms with E-state index >= 15 is 0 Å². The van der Waals surface area contributed by atoms with Crippen molar-refractivity contribution in [1.82, 2.24) is 0 Å². The van der Waals surface area contributed by atoms with Gasteiger partial charge in [-0.1, -0.05) is 13.3 Å². The molecule has 0 bridgehead atoms. The molecule has 0 aliphatic carbocycles. The molecule has 0 aromatic carbocycles. The van der Waals surface area contributed by atoms with Gasteiger partial charge >= 0.3 is 17.1 Å². The van der Waals surface area contributed by atoms with Crippen LogP contribution in [0.2, 0.25) is 65.0 Å². The second-order valence-electron chi connectivity index (χ2n) is 10.7. The van der Waals surface area contributed by atoms with Crippen LogP contribution in [0.5, 0.6) is 0 Å². The molecule has 0 aromatic heterocycles. The minimum Gasteiger partial charge on any atom is -0.437 e. The van der Waals surface area contributed by atoms with E-state index < -0.39 is 33.8 Å². The molecule has 0 N–H and O–H groups in total. The fourth-order valence-corrected chi connectivity index (χ4v) is 21.4. The zero-order chi connectivity index (χ0) is 24.0. The third-order valence-corrected chi connectivity index (χ3v) is 17.6. The largest absolute Gasteiger partial charge is 0.437 e. The lowest BCUT2D eigenvalue weighted by molar-refractivity contribution is 0.0353. The molecule has 0 aromatic rings. The van der Waals surface area contributed by atoms with E-state index in [9.17, 15) is 0 Å². The Bertz CT molecular complexity index is 454. The summed E-state index contributed by atoms with van der Waals surface area (Å²) in [6.07, 6.45) is 4.20. The predicted octanol–water partition coefficient (Wildman–Crippen LogP) is 6.11. The Morgan fingerprint density at radius 2 is 0.935 bits per heavy atom. The predicted molar refractivity (Wildman–Crippen MR) is 140 cm³/mol. The average Bonchev–Trinajstić information content (AvgIpc) is 2.54. The van der Waals surface area contributed by atoms with Crippen LogP contribution in [0, 0.1) is 0 Å². The summed E-state index contributed by atoms with van der Waals surface area (Å²) in [4.78, 5) is 0. The van der Waals surface area contributed by atoms with Gasteiger partial charge in [0.15, 0.2) is 16.6 Å². The van der Waals surface area contributed by atoms with E-state index in [1.807, 2.05) is 0 Å². The van der Waals surface area contributed by atoms with Crippen molar-refractivity contribution in [2.24, 2.45) is 0 Å². The molecule has 6 nitrogen and oxygen atoms in total. The second kappa shape index (κ2) is 15.5. The molecule has 0 heterocycles. The van der Waals surface area contributed by atoms with Gasteiger partial charge in [-0.2, -0.15) is 0 Å². The fraction of sp³-hybridized carbons (Fsp3) is 1.00.